The van der Waals surface area contributed by atoms with Crippen LogP contribution in [-0.2, 0) is 6.42 Å². The van der Waals surface area contributed by atoms with E-state index in [0.29, 0.717) is 28.2 Å². The Kier molecular flexibility index (Phi) is 5.10. The zero-order valence-corrected chi connectivity index (χ0v) is 17.2. The number of aryl methyl sites for hydroxylation is 1. The number of hydrogen-bond donors (Lipinski definition) is 3. The van der Waals surface area contributed by atoms with Crippen molar-refractivity contribution < 1.29 is 4.79 Å². The first-order valence-electron chi connectivity index (χ1n) is 9.79. The summed E-state index contributed by atoms with van der Waals surface area (Å²) in [4.78, 5) is 26.5. The number of nitrogens with zero attached hydrogens (tertiary/aromatic N) is 3. The number of para-hydroxylation sites is 1. The molecule has 7 nitrogen and oxygen atoms in total. The normalized spacial score (nSPS) is 10.9. The van der Waals surface area contributed by atoms with E-state index in [1.165, 1.54) is 6.20 Å². The fourth-order valence-corrected chi connectivity index (χ4v) is 3.41. The molecule has 4 aromatic rings. The standard InChI is InChI=1S/C23H24N6O/c1-4-14-7-5-6-8-18(14)26-19-17(21(24)30)13-25-23-20(19)27-22(28-23)15-9-11-16(12-10-15)29(2)3/h5-13H,4H2,1-3H3,(H2,24,30)(H2,25,26,27,28). The number of rotatable bonds is 6. The molecule has 0 spiro atoms. The van der Waals surface area contributed by atoms with E-state index in [0.717, 1.165) is 28.9 Å². The molecule has 0 aliphatic heterocycles. The van der Waals surface area contributed by atoms with Gasteiger partial charge in [-0.15, -0.1) is 0 Å². The van der Waals surface area contributed by atoms with Crippen molar-refractivity contribution >= 4 is 34.1 Å². The Balaban J connectivity index is 1.83. The Morgan fingerprint density at radius 1 is 1.13 bits per heavy atom. The van der Waals surface area contributed by atoms with Crippen LogP contribution in [-0.4, -0.2) is 35.0 Å². The number of nitrogens with one attached hydrogen (secondary N) is 2. The van der Waals surface area contributed by atoms with Crippen molar-refractivity contribution in [3.63, 3.8) is 0 Å². The lowest BCUT2D eigenvalue weighted by Gasteiger charge is -2.13. The molecule has 2 heterocycles. The summed E-state index contributed by atoms with van der Waals surface area (Å²) >= 11 is 0. The van der Waals surface area contributed by atoms with Gasteiger partial charge in [0.05, 0.1) is 11.3 Å². The number of benzene rings is 2. The van der Waals surface area contributed by atoms with Gasteiger partial charge in [-0.3, -0.25) is 4.79 Å². The van der Waals surface area contributed by atoms with Gasteiger partial charge in [0.15, 0.2) is 5.65 Å². The first-order chi connectivity index (χ1) is 14.5. The van der Waals surface area contributed by atoms with Crippen LogP contribution >= 0.6 is 0 Å². The topological polar surface area (TPSA) is 99.9 Å². The van der Waals surface area contributed by atoms with Crippen molar-refractivity contribution in [3.05, 3.63) is 65.9 Å². The van der Waals surface area contributed by atoms with Gasteiger partial charge in [0.2, 0.25) is 0 Å². The number of carbonyl (C=O) groups is 1. The predicted molar refractivity (Wildman–Crippen MR) is 121 cm³/mol. The Hall–Kier alpha value is -3.87. The molecule has 0 atom stereocenters. The van der Waals surface area contributed by atoms with Crippen LogP contribution in [0.2, 0.25) is 0 Å². The summed E-state index contributed by atoms with van der Waals surface area (Å²) in [6.45, 7) is 2.09. The number of fused-ring (bicyclic) bond motifs is 1. The quantitative estimate of drug-likeness (QED) is 0.452. The molecule has 0 saturated carbocycles. The number of primary amides is 1. The number of aromatic nitrogens is 3. The van der Waals surface area contributed by atoms with Crippen LogP contribution in [0.15, 0.2) is 54.7 Å². The molecule has 2 aromatic heterocycles. The second-order valence-corrected chi connectivity index (χ2v) is 7.27. The summed E-state index contributed by atoms with van der Waals surface area (Å²) in [5.74, 6) is 0.122. The number of carbonyl (C=O) groups excluding carboxylic acids is 1. The van der Waals surface area contributed by atoms with Gasteiger partial charge in [0.1, 0.15) is 11.3 Å². The summed E-state index contributed by atoms with van der Waals surface area (Å²) in [7, 11) is 4.00. The van der Waals surface area contributed by atoms with Crippen LogP contribution in [0.4, 0.5) is 17.1 Å². The molecular weight excluding hydrogens is 376 g/mol. The second-order valence-electron chi connectivity index (χ2n) is 7.27. The van der Waals surface area contributed by atoms with Gasteiger partial charge in [-0.2, -0.15) is 0 Å². The number of aromatic amines is 1. The van der Waals surface area contributed by atoms with Crippen LogP contribution in [0.5, 0.6) is 0 Å². The molecule has 4 N–H and O–H groups in total. The van der Waals surface area contributed by atoms with Crippen LogP contribution in [0.3, 0.4) is 0 Å². The lowest BCUT2D eigenvalue weighted by atomic mass is 10.1. The SMILES string of the molecule is CCc1ccccc1Nc1c(C(N)=O)cnc2[nH]c(-c3ccc(N(C)C)cc3)nc12. The third-order valence-electron chi connectivity index (χ3n) is 5.09. The molecular formula is C23H24N6O. The molecule has 0 radical (unpaired) electrons. The predicted octanol–water partition coefficient (Wildman–Crippen LogP) is 4.10. The molecule has 0 bridgehead atoms. The van der Waals surface area contributed by atoms with Gasteiger partial charge in [0, 0.05) is 37.2 Å². The van der Waals surface area contributed by atoms with Crippen molar-refractivity contribution in [2.75, 3.05) is 24.3 Å². The maximum atomic E-state index is 12.1. The molecule has 0 saturated heterocycles. The van der Waals surface area contributed by atoms with E-state index in [9.17, 15) is 4.79 Å². The Labute approximate surface area is 175 Å². The number of imidazole rings is 1. The largest absolute Gasteiger partial charge is 0.378 e. The summed E-state index contributed by atoms with van der Waals surface area (Å²) < 4.78 is 0. The van der Waals surface area contributed by atoms with E-state index in [1.54, 1.807) is 0 Å². The van der Waals surface area contributed by atoms with Crippen molar-refractivity contribution in [2.24, 2.45) is 5.73 Å². The lowest BCUT2D eigenvalue weighted by Crippen LogP contribution is -2.14. The third kappa shape index (κ3) is 3.57. The molecule has 0 unspecified atom stereocenters. The average Bonchev–Trinajstić information content (AvgIpc) is 3.19. The lowest BCUT2D eigenvalue weighted by molar-refractivity contribution is 0.100. The van der Waals surface area contributed by atoms with Gasteiger partial charge in [0.25, 0.3) is 5.91 Å². The minimum atomic E-state index is -0.555. The van der Waals surface area contributed by atoms with Crippen molar-refractivity contribution in [3.8, 4) is 11.4 Å². The summed E-state index contributed by atoms with van der Waals surface area (Å²) in [5, 5.41) is 3.38. The highest BCUT2D eigenvalue weighted by Gasteiger charge is 2.18. The number of pyridine rings is 1. The monoisotopic (exact) mass is 400 g/mol. The van der Waals surface area contributed by atoms with E-state index in [1.807, 2.05) is 67.5 Å². The van der Waals surface area contributed by atoms with Crippen LogP contribution in [0.1, 0.15) is 22.8 Å². The van der Waals surface area contributed by atoms with Gasteiger partial charge < -0.3 is 20.9 Å². The van der Waals surface area contributed by atoms with Crippen molar-refractivity contribution in [2.45, 2.75) is 13.3 Å². The summed E-state index contributed by atoms with van der Waals surface area (Å²) in [6, 6.07) is 16.0. The van der Waals surface area contributed by atoms with Crippen LogP contribution in [0, 0.1) is 0 Å². The smallest absolute Gasteiger partial charge is 0.252 e. The number of nitrogens with two attached hydrogens (primary N) is 1. The maximum Gasteiger partial charge on any atom is 0.252 e. The van der Waals surface area contributed by atoms with Gasteiger partial charge in [-0.1, -0.05) is 25.1 Å². The molecule has 152 valence electrons. The van der Waals surface area contributed by atoms with Gasteiger partial charge in [-0.05, 0) is 42.3 Å². The fraction of sp³-hybridized carbons (Fsp3) is 0.174. The first-order valence-corrected chi connectivity index (χ1v) is 9.79. The molecule has 30 heavy (non-hydrogen) atoms. The minimum absolute atomic E-state index is 0.300. The minimum Gasteiger partial charge on any atom is -0.378 e. The molecule has 0 fully saturated rings. The molecule has 0 aliphatic carbocycles. The van der Waals surface area contributed by atoms with E-state index in [-0.39, 0.29) is 0 Å². The molecule has 1 amide bonds. The highest BCUT2D eigenvalue weighted by atomic mass is 16.1. The Bertz CT molecular complexity index is 1210. The number of amides is 1. The second kappa shape index (κ2) is 7.87. The number of anilines is 3. The number of H-pyrrole nitrogens is 1. The van der Waals surface area contributed by atoms with E-state index in [2.05, 4.69) is 22.2 Å². The number of hydrogen-bond acceptors (Lipinski definition) is 5. The molecule has 4 rings (SSSR count). The van der Waals surface area contributed by atoms with Crippen LogP contribution < -0.4 is 16.0 Å². The average molecular weight is 400 g/mol. The van der Waals surface area contributed by atoms with E-state index >= 15 is 0 Å². The Morgan fingerprint density at radius 2 is 1.87 bits per heavy atom. The highest BCUT2D eigenvalue weighted by molar-refractivity contribution is 6.06. The zero-order valence-electron chi connectivity index (χ0n) is 17.2. The fourth-order valence-electron chi connectivity index (χ4n) is 3.41. The Morgan fingerprint density at radius 3 is 2.53 bits per heavy atom. The zero-order chi connectivity index (χ0) is 21.3. The van der Waals surface area contributed by atoms with Crippen molar-refractivity contribution in [1.82, 2.24) is 15.0 Å². The van der Waals surface area contributed by atoms with Crippen LogP contribution in [0.25, 0.3) is 22.6 Å². The van der Waals surface area contributed by atoms with Gasteiger partial charge in [-0.25, -0.2) is 9.97 Å². The highest BCUT2D eigenvalue weighted by Crippen LogP contribution is 2.31. The summed E-state index contributed by atoms with van der Waals surface area (Å²) in [6.07, 6.45) is 2.34. The molecule has 2 aromatic carbocycles. The molecule has 7 heteroatoms. The molecule has 0 aliphatic rings. The van der Waals surface area contributed by atoms with E-state index in [4.69, 9.17) is 10.7 Å². The van der Waals surface area contributed by atoms with E-state index < -0.39 is 5.91 Å². The van der Waals surface area contributed by atoms with Gasteiger partial charge >= 0.3 is 0 Å². The van der Waals surface area contributed by atoms with Crippen molar-refractivity contribution in [1.29, 1.82) is 0 Å². The maximum absolute atomic E-state index is 12.1. The summed E-state index contributed by atoms with van der Waals surface area (Å²) in [5.41, 5.74) is 11.7. The first kappa shape index (κ1) is 19.4. The third-order valence-corrected chi connectivity index (χ3v) is 5.09.